The zero-order valence-corrected chi connectivity index (χ0v) is 15.7. The number of piperazine rings is 1. The van der Waals surface area contributed by atoms with Gasteiger partial charge in [-0.1, -0.05) is 41.4 Å². The summed E-state index contributed by atoms with van der Waals surface area (Å²) in [6.45, 7) is 4.33. The molecule has 0 radical (unpaired) electrons. The maximum Gasteiger partial charge on any atom is 0.238 e. The fourth-order valence-electron chi connectivity index (χ4n) is 2.96. The number of anilines is 1. The van der Waals surface area contributed by atoms with Crippen LogP contribution < -0.4 is 5.32 Å². The molecular weight excluding hydrogens is 376 g/mol. The lowest BCUT2D eigenvalue weighted by Crippen LogP contribution is -2.48. The molecule has 0 saturated carbocycles. The van der Waals surface area contributed by atoms with Crippen LogP contribution in [0.4, 0.5) is 10.1 Å². The molecule has 0 spiro atoms. The van der Waals surface area contributed by atoms with Gasteiger partial charge in [-0.05, 0) is 29.8 Å². The number of hydrogen-bond acceptors (Lipinski definition) is 3. The predicted octanol–water partition coefficient (Wildman–Crippen LogP) is 3.89. The highest BCUT2D eigenvalue weighted by Crippen LogP contribution is 2.20. The summed E-state index contributed by atoms with van der Waals surface area (Å²) in [5.74, 6) is -0.471. The molecule has 1 saturated heterocycles. The van der Waals surface area contributed by atoms with Gasteiger partial charge in [-0.3, -0.25) is 14.6 Å². The molecule has 1 aliphatic heterocycles. The third kappa shape index (κ3) is 5.17. The Morgan fingerprint density at radius 2 is 1.69 bits per heavy atom. The van der Waals surface area contributed by atoms with E-state index in [1.54, 1.807) is 24.3 Å². The molecule has 1 fully saturated rings. The zero-order valence-electron chi connectivity index (χ0n) is 14.2. The first-order valence-corrected chi connectivity index (χ1v) is 9.20. The fourth-order valence-corrected chi connectivity index (χ4v) is 3.34. The van der Waals surface area contributed by atoms with Crippen LogP contribution in [0.25, 0.3) is 0 Å². The largest absolute Gasteiger partial charge is 0.324 e. The van der Waals surface area contributed by atoms with Gasteiger partial charge < -0.3 is 5.32 Å². The summed E-state index contributed by atoms with van der Waals surface area (Å²) in [6, 6.07) is 12.0. The molecule has 0 unspecified atom stereocenters. The van der Waals surface area contributed by atoms with Gasteiger partial charge in [-0.2, -0.15) is 0 Å². The second-order valence-corrected chi connectivity index (χ2v) is 7.14. The number of para-hydroxylation sites is 1. The van der Waals surface area contributed by atoms with Gasteiger partial charge in [0, 0.05) is 32.7 Å². The Kier molecular flexibility index (Phi) is 6.48. The molecule has 0 aromatic heterocycles. The molecule has 1 amide bonds. The van der Waals surface area contributed by atoms with Crippen molar-refractivity contribution in [1.29, 1.82) is 0 Å². The summed E-state index contributed by atoms with van der Waals surface area (Å²) >= 11 is 11.9. The molecule has 0 bridgehead atoms. The van der Waals surface area contributed by atoms with Crippen LogP contribution in [0.1, 0.15) is 5.56 Å². The third-order valence-corrected chi connectivity index (χ3v) is 4.99. The molecule has 26 heavy (non-hydrogen) atoms. The lowest BCUT2D eigenvalue weighted by molar-refractivity contribution is -0.117. The molecule has 1 heterocycles. The first kappa shape index (κ1) is 19.1. The lowest BCUT2D eigenvalue weighted by Gasteiger charge is -2.34. The number of carbonyl (C=O) groups is 1. The van der Waals surface area contributed by atoms with Crippen molar-refractivity contribution < 1.29 is 9.18 Å². The Balaban J connectivity index is 1.45. The molecule has 138 valence electrons. The van der Waals surface area contributed by atoms with Crippen LogP contribution in [0, 0.1) is 5.82 Å². The predicted molar refractivity (Wildman–Crippen MR) is 103 cm³/mol. The minimum Gasteiger partial charge on any atom is -0.324 e. The summed E-state index contributed by atoms with van der Waals surface area (Å²) in [4.78, 5) is 16.6. The van der Waals surface area contributed by atoms with Gasteiger partial charge in [-0.25, -0.2) is 4.39 Å². The molecule has 3 rings (SSSR count). The van der Waals surface area contributed by atoms with E-state index in [0.717, 1.165) is 38.3 Å². The summed E-state index contributed by atoms with van der Waals surface area (Å²) in [5, 5.41) is 3.53. The highest BCUT2D eigenvalue weighted by Gasteiger charge is 2.19. The number of halogens is 3. The summed E-state index contributed by atoms with van der Waals surface area (Å²) in [7, 11) is 0. The van der Waals surface area contributed by atoms with Crippen molar-refractivity contribution in [3.8, 4) is 0 Å². The van der Waals surface area contributed by atoms with Gasteiger partial charge >= 0.3 is 0 Å². The number of nitrogens with one attached hydrogen (secondary N) is 1. The molecule has 2 aromatic rings. The van der Waals surface area contributed by atoms with Gasteiger partial charge in [0.25, 0.3) is 0 Å². The fraction of sp³-hybridized carbons (Fsp3) is 0.316. The maximum absolute atomic E-state index is 13.2. The van der Waals surface area contributed by atoms with Gasteiger partial charge in [0.2, 0.25) is 5.91 Å². The summed E-state index contributed by atoms with van der Waals surface area (Å²) < 4.78 is 13.2. The third-order valence-electron chi connectivity index (χ3n) is 4.37. The van der Waals surface area contributed by atoms with Crippen molar-refractivity contribution >= 4 is 34.8 Å². The lowest BCUT2D eigenvalue weighted by atomic mass is 10.2. The van der Waals surface area contributed by atoms with Crippen LogP contribution in [0.3, 0.4) is 0 Å². The SMILES string of the molecule is O=C(CN1CCN(Cc2ccc(F)c(Cl)c2)CC1)Nc1ccccc1Cl. The highest BCUT2D eigenvalue weighted by molar-refractivity contribution is 6.33. The van der Waals surface area contributed by atoms with Crippen molar-refractivity contribution in [1.82, 2.24) is 9.80 Å². The average Bonchev–Trinajstić information content (AvgIpc) is 2.62. The standard InChI is InChI=1S/C19H20Cl2FN3O/c20-15-3-1-2-4-18(15)23-19(26)13-25-9-7-24(8-10-25)12-14-5-6-17(22)16(21)11-14/h1-6,11H,7-10,12-13H2,(H,23,26). The van der Waals surface area contributed by atoms with Gasteiger partial charge in [0.15, 0.2) is 0 Å². The topological polar surface area (TPSA) is 35.6 Å². The van der Waals surface area contributed by atoms with Gasteiger partial charge in [0.05, 0.1) is 22.3 Å². The number of amides is 1. The molecule has 1 aliphatic rings. The number of benzene rings is 2. The average molecular weight is 396 g/mol. The molecule has 1 N–H and O–H groups in total. The van der Waals surface area contributed by atoms with E-state index in [2.05, 4.69) is 15.1 Å². The highest BCUT2D eigenvalue weighted by atomic mass is 35.5. The Morgan fingerprint density at radius 3 is 2.38 bits per heavy atom. The maximum atomic E-state index is 13.2. The van der Waals surface area contributed by atoms with Crippen molar-refractivity contribution in [3.05, 3.63) is 63.9 Å². The second kappa shape index (κ2) is 8.82. The number of rotatable bonds is 5. The smallest absolute Gasteiger partial charge is 0.238 e. The van der Waals surface area contributed by atoms with Crippen molar-refractivity contribution in [2.24, 2.45) is 0 Å². The van der Waals surface area contributed by atoms with Crippen LogP contribution >= 0.6 is 23.2 Å². The van der Waals surface area contributed by atoms with E-state index in [1.165, 1.54) is 6.07 Å². The van der Waals surface area contributed by atoms with E-state index in [4.69, 9.17) is 23.2 Å². The van der Waals surface area contributed by atoms with E-state index in [-0.39, 0.29) is 10.9 Å². The molecule has 4 nitrogen and oxygen atoms in total. The van der Waals surface area contributed by atoms with E-state index in [0.29, 0.717) is 17.3 Å². The number of nitrogens with zero attached hydrogens (tertiary/aromatic N) is 2. The molecule has 2 aromatic carbocycles. The Bertz CT molecular complexity index is 779. The minimum atomic E-state index is -0.398. The van der Waals surface area contributed by atoms with Crippen molar-refractivity contribution in [2.45, 2.75) is 6.54 Å². The van der Waals surface area contributed by atoms with E-state index in [1.807, 2.05) is 12.1 Å². The quantitative estimate of drug-likeness (QED) is 0.833. The van der Waals surface area contributed by atoms with Gasteiger partial charge in [-0.15, -0.1) is 0 Å². The van der Waals surface area contributed by atoms with Crippen LogP contribution in [0.15, 0.2) is 42.5 Å². The Labute approximate surface area is 162 Å². The van der Waals surface area contributed by atoms with Crippen LogP contribution in [-0.2, 0) is 11.3 Å². The van der Waals surface area contributed by atoms with E-state index in [9.17, 15) is 9.18 Å². The number of hydrogen-bond donors (Lipinski definition) is 1. The first-order valence-electron chi connectivity index (χ1n) is 8.44. The summed E-state index contributed by atoms with van der Waals surface area (Å²) in [5.41, 5.74) is 1.62. The van der Waals surface area contributed by atoms with Gasteiger partial charge in [0.1, 0.15) is 5.82 Å². The van der Waals surface area contributed by atoms with Crippen molar-refractivity contribution in [2.75, 3.05) is 38.0 Å². The molecule has 0 atom stereocenters. The normalized spacial score (nSPS) is 15.8. The van der Waals surface area contributed by atoms with E-state index < -0.39 is 5.82 Å². The second-order valence-electron chi connectivity index (χ2n) is 6.33. The Morgan fingerprint density at radius 1 is 1.00 bits per heavy atom. The van der Waals surface area contributed by atoms with E-state index >= 15 is 0 Å². The zero-order chi connectivity index (χ0) is 18.5. The number of carbonyl (C=O) groups excluding carboxylic acids is 1. The molecule has 7 heteroatoms. The monoisotopic (exact) mass is 395 g/mol. The Hall–Kier alpha value is -1.66. The summed E-state index contributed by atoms with van der Waals surface area (Å²) in [6.07, 6.45) is 0. The molecule has 0 aliphatic carbocycles. The molecular formula is C19H20Cl2FN3O. The van der Waals surface area contributed by atoms with Crippen LogP contribution in [0.2, 0.25) is 10.0 Å². The first-order chi connectivity index (χ1) is 12.5. The van der Waals surface area contributed by atoms with Crippen molar-refractivity contribution in [3.63, 3.8) is 0 Å². The van der Waals surface area contributed by atoms with Crippen LogP contribution in [0.5, 0.6) is 0 Å². The van der Waals surface area contributed by atoms with Crippen LogP contribution in [-0.4, -0.2) is 48.4 Å². The minimum absolute atomic E-state index is 0.0723.